The Labute approximate surface area is 203 Å². The van der Waals surface area contributed by atoms with Crippen LogP contribution < -0.4 is 20.3 Å². The standard InChI is InChI=1S/C21H25ClFN5O2.HI/c1-24-21(27-17-5-8-28(11-17)20-18(22)3-2-6-25-20)26-7-4-14-9-16(23)10-15-12-29-13-30-19(14)15;/h2-3,6,9-10,17H,4-5,7-8,11-13H2,1H3,(H2,24,26,27);1H. The van der Waals surface area contributed by atoms with Crippen LogP contribution in [0.1, 0.15) is 17.5 Å². The van der Waals surface area contributed by atoms with Gasteiger partial charge in [-0.15, -0.1) is 24.0 Å². The van der Waals surface area contributed by atoms with Crippen LogP contribution in [-0.2, 0) is 17.8 Å². The molecule has 31 heavy (non-hydrogen) atoms. The summed E-state index contributed by atoms with van der Waals surface area (Å²) in [6, 6.07) is 6.90. The second-order valence-electron chi connectivity index (χ2n) is 7.30. The molecular weight excluding hydrogens is 536 g/mol. The molecule has 1 fully saturated rings. The van der Waals surface area contributed by atoms with E-state index < -0.39 is 0 Å². The van der Waals surface area contributed by atoms with E-state index in [4.69, 9.17) is 21.1 Å². The number of nitrogens with zero attached hydrogens (tertiary/aromatic N) is 3. The fourth-order valence-electron chi connectivity index (χ4n) is 3.83. The molecule has 1 saturated heterocycles. The molecule has 1 unspecified atom stereocenters. The van der Waals surface area contributed by atoms with E-state index >= 15 is 0 Å². The highest BCUT2D eigenvalue weighted by atomic mass is 127. The molecule has 7 nitrogen and oxygen atoms in total. The van der Waals surface area contributed by atoms with Gasteiger partial charge in [0.05, 0.1) is 11.6 Å². The van der Waals surface area contributed by atoms with Crippen molar-refractivity contribution in [3.8, 4) is 5.75 Å². The van der Waals surface area contributed by atoms with E-state index in [9.17, 15) is 4.39 Å². The van der Waals surface area contributed by atoms with E-state index in [1.54, 1.807) is 13.2 Å². The number of halogens is 3. The molecule has 3 heterocycles. The molecule has 0 bridgehead atoms. The summed E-state index contributed by atoms with van der Waals surface area (Å²) < 4.78 is 24.7. The summed E-state index contributed by atoms with van der Waals surface area (Å²) in [6.45, 7) is 2.83. The van der Waals surface area contributed by atoms with Crippen molar-refractivity contribution >= 4 is 47.4 Å². The Morgan fingerprint density at radius 1 is 1.42 bits per heavy atom. The number of nitrogens with one attached hydrogen (secondary N) is 2. The maximum Gasteiger partial charge on any atom is 0.191 e. The van der Waals surface area contributed by atoms with Crippen molar-refractivity contribution in [1.29, 1.82) is 0 Å². The van der Waals surface area contributed by atoms with E-state index in [0.717, 1.165) is 42.2 Å². The molecule has 2 aliphatic rings. The van der Waals surface area contributed by atoms with Crippen LogP contribution in [0, 0.1) is 5.82 Å². The van der Waals surface area contributed by atoms with Crippen molar-refractivity contribution in [2.75, 3.05) is 38.4 Å². The van der Waals surface area contributed by atoms with Crippen LogP contribution in [0.5, 0.6) is 5.75 Å². The van der Waals surface area contributed by atoms with Crippen LogP contribution in [0.2, 0.25) is 5.02 Å². The molecule has 1 aromatic carbocycles. The van der Waals surface area contributed by atoms with Gasteiger partial charge in [0.2, 0.25) is 0 Å². The summed E-state index contributed by atoms with van der Waals surface area (Å²) in [4.78, 5) is 10.9. The highest BCUT2D eigenvalue weighted by molar-refractivity contribution is 14.0. The zero-order valence-corrected chi connectivity index (χ0v) is 20.3. The lowest BCUT2D eigenvalue weighted by Gasteiger charge is -2.22. The molecule has 4 rings (SSSR count). The topological polar surface area (TPSA) is 71.0 Å². The molecule has 168 valence electrons. The second-order valence-corrected chi connectivity index (χ2v) is 7.70. The average molecular weight is 562 g/mol. The number of hydrogen-bond acceptors (Lipinski definition) is 5. The first-order valence-corrected chi connectivity index (χ1v) is 10.4. The van der Waals surface area contributed by atoms with Crippen molar-refractivity contribution in [2.45, 2.75) is 25.5 Å². The van der Waals surface area contributed by atoms with Crippen LogP contribution in [0.4, 0.5) is 10.2 Å². The number of anilines is 1. The first-order valence-electron chi connectivity index (χ1n) is 9.98. The van der Waals surface area contributed by atoms with Gasteiger partial charge in [-0.05, 0) is 42.7 Å². The number of fused-ring (bicyclic) bond motifs is 1. The van der Waals surface area contributed by atoms with Gasteiger partial charge in [-0.2, -0.15) is 0 Å². The van der Waals surface area contributed by atoms with E-state index in [2.05, 4.69) is 25.5 Å². The third-order valence-corrected chi connectivity index (χ3v) is 5.52. The van der Waals surface area contributed by atoms with Crippen LogP contribution in [0.3, 0.4) is 0 Å². The van der Waals surface area contributed by atoms with Gasteiger partial charge < -0.3 is 25.0 Å². The van der Waals surface area contributed by atoms with Crippen molar-refractivity contribution in [2.24, 2.45) is 4.99 Å². The normalized spacial score (nSPS) is 18.1. The summed E-state index contributed by atoms with van der Waals surface area (Å²) >= 11 is 6.27. The van der Waals surface area contributed by atoms with Gasteiger partial charge in [0.25, 0.3) is 0 Å². The SMILES string of the molecule is CN=C(NCCc1cc(F)cc2c1OCOC2)NC1CCN(c2ncccc2Cl)C1.I. The number of rotatable bonds is 5. The summed E-state index contributed by atoms with van der Waals surface area (Å²) in [5.41, 5.74) is 1.58. The number of hydrogen-bond donors (Lipinski definition) is 2. The first-order chi connectivity index (χ1) is 14.6. The van der Waals surface area contributed by atoms with Crippen molar-refractivity contribution < 1.29 is 13.9 Å². The van der Waals surface area contributed by atoms with E-state index in [0.29, 0.717) is 30.6 Å². The minimum Gasteiger partial charge on any atom is -0.467 e. The molecule has 0 aliphatic carbocycles. The van der Waals surface area contributed by atoms with E-state index in [-0.39, 0.29) is 42.6 Å². The van der Waals surface area contributed by atoms with Crippen LogP contribution in [0.15, 0.2) is 35.5 Å². The molecule has 10 heteroatoms. The maximum atomic E-state index is 13.9. The van der Waals surface area contributed by atoms with Gasteiger partial charge in [0.1, 0.15) is 17.4 Å². The van der Waals surface area contributed by atoms with Crippen LogP contribution in [0.25, 0.3) is 0 Å². The number of guanidine groups is 1. The molecular formula is C21H26ClFIN5O2. The highest BCUT2D eigenvalue weighted by Gasteiger charge is 2.25. The number of aromatic nitrogens is 1. The largest absolute Gasteiger partial charge is 0.467 e. The molecule has 2 N–H and O–H groups in total. The van der Waals surface area contributed by atoms with Crippen LogP contribution >= 0.6 is 35.6 Å². The highest BCUT2D eigenvalue weighted by Crippen LogP contribution is 2.29. The third kappa shape index (κ3) is 5.89. The average Bonchev–Trinajstić information content (AvgIpc) is 3.21. The van der Waals surface area contributed by atoms with E-state index in [1.165, 1.54) is 12.1 Å². The zero-order chi connectivity index (χ0) is 20.9. The Hall–Kier alpha value is -1.85. The molecule has 0 saturated carbocycles. The molecule has 1 aromatic heterocycles. The maximum absolute atomic E-state index is 13.9. The quantitative estimate of drug-likeness (QED) is 0.332. The molecule has 0 amide bonds. The fourth-order valence-corrected chi connectivity index (χ4v) is 4.07. The lowest BCUT2D eigenvalue weighted by atomic mass is 10.1. The molecule has 2 aliphatic heterocycles. The molecule has 2 aromatic rings. The number of pyridine rings is 1. The number of aliphatic imine (C=N–C) groups is 1. The second kappa shape index (κ2) is 11.1. The van der Waals surface area contributed by atoms with E-state index in [1.807, 2.05) is 12.1 Å². The van der Waals surface area contributed by atoms with Crippen molar-refractivity contribution in [1.82, 2.24) is 15.6 Å². The predicted octanol–water partition coefficient (Wildman–Crippen LogP) is 3.35. The predicted molar refractivity (Wildman–Crippen MR) is 130 cm³/mol. The molecule has 1 atom stereocenters. The minimum atomic E-state index is -0.278. The van der Waals surface area contributed by atoms with Gasteiger partial charge in [-0.1, -0.05) is 11.6 Å². The van der Waals surface area contributed by atoms with Gasteiger partial charge >= 0.3 is 0 Å². The number of ether oxygens (including phenoxy) is 2. The van der Waals surface area contributed by atoms with Gasteiger partial charge in [-0.3, -0.25) is 4.99 Å². The lowest BCUT2D eigenvalue weighted by Crippen LogP contribution is -2.45. The number of benzene rings is 1. The lowest BCUT2D eigenvalue weighted by molar-refractivity contribution is -0.0172. The Morgan fingerprint density at radius 2 is 2.29 bits per heavy atom. The summed E-state index contributed by atoms with van der Waals surface area (Å²) in [6.07, 6.45) is 3.32. The smallest absolute Gasteiger partial charge is 0.191 e. The molecule has 0 spiro atoms. The summed E-state index contributed by atoms with van der Waals surface area (Å²) in [5.74, 6) is 1.97. The minimum absolute atomic E-state index is 0. The van der Waals surface area contributed by atoms with Gasteiger partial charge in [0, 0.05) is 44.5 Å². The zero-order valence-electron chi connectivity index (χ0n) is 17.2. The van der Waals surface area contributed by atoms with Crippen molar-refractivity contribution in [3.63, 3.8) is 0 Å². The third-order valence-electron chi connectivity index (χ3n) is 5.23. The van der Waals surface area contributed by atoms with Gasteiger partial charge in [0.15, 0.2) is 12.8 Å². The Morgan fingerprint density at radius 3 is 3.10 bits per heavy atom. The van der Waals surface area contributed by atoms with Crippen LogP contribution in [-0.4, -0.2) is 50.5 Å². The Bertz CT molecular complexity index is 933. The monoisotopic (exact) mass is 561 g/mol. The Kier molecular flexibility index (Phi) is 8.56. The molecule has 0 radical (unpaired) electrons. The summed E-state index contributed by atoms with van der Waals surface area (Å²) in [5, 5.41) is 7.41. The fraction of sp³-hybridized carbons (Fsp3) is 0.429. The Balaban J connectivity index is 0.00000272. The summed E-state index contributed by atoms with van der Waals surface area (Å²) in [7, 11) is 1.74. The van der Waals surface area contributed by atoms with Gasteiger partial charge in [-0.25, -0.2) is 9.37 Å². The van der Waals surface area contributed by atoms with Crippen molar-refractivity contribution in [3.05, 3.63) is 52.4 Å². The first kappa shape index (κ1) is 23.8.